The molecule has 0 aliphatic heterocycles. The van der Waals surface area contributed by atoms with Crippen LogP contribution in [0.25, 0.3) is 10.9 Å². The van der Waals surface area contributed by atoms with Gasteiger partial charge < -0.3 is 4.98 Å². The first-order chi connectivity index (χ1) is 15.6. The first-order valence-corrected chi connectivity index (χ1v) is 12.3. The van der Waals surface area contributed by atoms with Crippen molar-refractivity contribution in [3.63, 3.8) is 0 Å². The molecule has 0 spiro atoms. The van der Waals surface area contributed by atoms with Gasteiger partial charge in [0.05, 0.1) is 12.1 Å². The predicted octanol–water partition coefficient (Wildman–Crippen LogP) is 4.83. The summed E-state index contributed by atoms with van der Waals surface area (Å²) in [6.45, 7) is 4.89. The molecule has 32 heavy (non-hydrogen) atoms. The number of rotatable bonds is 7. The Labute approximate surface area is 189 Å². The van der Waals surface area contributed by atoms with E-state index < -0.39 is 0 Å². The minimum Gasteiger partial charge on any atom is -0.322 e. The molecule has 1 atom stereocenters. The van der Waals surface area contributed by atoms with Crippen LogP contribution in [0.4, 0.5) is 0 Å². The van der Waals surface area contributed by atoms with E-state index in [1.165, 1.54) is 38.5 Å². The first kappa shape index (κ1) is 21.3. The number of pyridine rings is 1. The zero-order chi connectivity index (χ0) is 22.1. The van der Waals surface area contributed by atoms with Crippen LogP contribution in [0.1, 0.15) is 93.7 Å². The monoisotopic (exact) mass is 434 g/mol. The average Bonchev–Trinajstić information content (AvgIpc) is 3.55. The van der Waals surface area contributed by atoms with Crippen molar-refractivity contribution in [3.05, 3.63) is 51.6 Å². The van der Waals surface area contributed by atoms with Gasteiger partial charge in [0.2, 0.25) is 0 Å². The molecule has 3 aromatic rings. The lowest BCUT2D eigenvalue weighted by Crippen LogP contribution is -2.39. The van der Waals surface area contributed by atoms with Crippen LogP contribution in [0, 0.1) is 6.92 Å². The number of H-pyrrole nitrogens is 1. The van der Waals surface area contributed by atoms with Gasteiger partial charge in [-0.2, -0.15) is 0 Å². The van der Waals surface area contributed by atoms with Crippen molar-refractivity contribution >= 4 is 10.9 Å². The third-order valence-corrected chi connectivity index (χ3v) is 7.50. The van der Waals surface area contributed by atoms with Gasteiger partial charge in [-0.3, -0.25) is 9.69 Å². The van der Waals surface area contributed by atoms with Crippen molar-refractivity contribution in [1.29, 1.82) is 0 Å². The van der Waals surface area contributed by atoms with Gasteiger partial charge in [-0.05, 0) is 72.5 Å². The lowest BCUT2D eigenvalue weighted by Gasteiger charge is -2.35. The third-order valence-electron chi connectivity index (χ3n) is 7.50. The van der Waals surface area contributed by atoms with Crippen LogP contribution in [-0.4, -0.2) is 36.1 Å². The molecule has 0 radical (unpaired) electrons. The summed E-state index contributed by atoms with van der Waals surface area (Å²) in [5, 5.41) is 14.1. The summed E-state index contributed by atoms with van der Waals surface area (Å²) in [5.74, 6) is 0.971. The number of fused-ring (bicyclic) bond motifs is 1. The molecule has 170 valence electrons. The minimum atomic E-state index is 0.0105. The van der Waals surface area contributed by atoms with Gasteiger partial charge in [0, 0.05) is 23.7 Å². The number of benzene rings is 1. The Morgan fingerprint density at radius 2 is 1.88 bits per heavy atom. The number of aromatic nitrogens is 5. The number of nitrogens with one attached hydrogen (secondary N) is 1. The van der Waals surface area contributed by atoms with Crippen molar-refractivity contribution in [1.82, 2.24) is 30.1 Å². The molecule has 2 aliphatic rings. The van der Waals surface area contributed by atoms with E-state index >= 15 is 0 Å². The Hall–Kier alpha value is -2.54. The molecule has 2 saturated carbocycles. The Bertz CT molecular complexity index is 1120. The van der Waals surface area contributed by atoms with E-state index in [0.717, 1.165) is 47.1 Å². The van der Waals surface area contributed by atoms with Gasteiger partial charge in [-0.25, -0.2) is 4.68 Å². The zero-order valence-electron chi connectivity index (χ0n) is 19.3. The molecule has 1 aromatic carbocycles. The van der Waals surface area contributed by atoms with Crippen molar-refractivity contribution in [3.8, 4) is 0 Å². The summed E-state index contributed by atoms with van der Waals surface area (Å²) in [6, 6.07) is 9.30. The van der Waals surface area contributed by atoms with Crippen LogP contribution in [0.3, 0.4) is 0 Å². The first-order valence-electron chi connectivity index (χ1n) is 12.3. The third kappa shape index (κ3) is 4.10. The number of nitrogens with zero attached hydrogens (tertiary/aromatic N) is 5. The van der Waals surface area contributed by atoms with E-state index in [4.69, 9.17) is 0 Å². The molecule has 1 N–H and O–H groups in total. The van der Waals surface area contributed by atoms with Crippen LogP contribution >= 0.6 is 0 Å². The largest absolute Gasteiger partial charge is 0.322 e. The summed E-state index contributed by atoms with van der Waals surface area (Å²) < 4.78 is 2.09. The van der Waals surface area contributed by atoms with E-state index in [1.54, 1.807) is 0 Å². The second-order valence-corrected chi connectivity index (χ2v) is 9.67. The summed E-state index contributed by atoms with van der Waals surface area (Å²) in [4.78, 5) is 18.7. The molecular weight excluding hydrogens is 400 g/mol. The maximum Gasteiger partial charge on any atom is 0.252 e. The van der Waals surface area contributed by atoms with Gasteiger partial charge >= 0.3 is 0 Å². The van der Waals surface area contributed by atoms with E-state index in [2.05, 4.69) is 55.2 Å². The van der Waals surface area contributed by atoms with Crippen molar-refractivity contribution in [2.75, 3.05) is 0 Å². The highest BCUT2D eigenvalue weighted by Gasteiger charge is 2.34. The highest BCUT2D eigenvalue weighted by molar-refractivity contribution is 5.79. The number of hydrogen-bond donors (Lipinski definition) is 1. The quantitative estimate of drug-likeness (QED) is 0.576. The van der Waals surface area contributed by atoms with Gasteiger partial charge in [0.1, 0.15) is 0 Å². The molecular formula is C25H34N6O. The second kappa shape index (κ2) is 9.14. The summed E-state index contributed by atoms with van der Waals surface area (Å²) in [6.07, 6.45) is 10.6. The lowest BCUT2D eigenvalue weighted by atomic mass is 10.0. The van der Waals surface area contributed by atoms with E-state index in [0.29, 0.717) is 18.6 Å². The Morgan fingerprint density at radius 3 is 2.62 bits per heavy atom. The van der Waals surface area contributed by atoms with Gasteiger partial charge in [-0.1, -0.05) is 44.7 Å². The second-order valence-electron chi connectivity index (χ2n) is 9.67. The van der Waals surface area contributed by atoms with E-state index in [9.17, 15) is 4.79 Å². The molecule has 7 nitrogen and oxygen atoms in total. The molecule has 0 saturated heterocycles. The number of aryl methyl sites for hydroxylation is 1. The molecule has 5 rings (SSSR count). The van der Waals surface area contributed by atoms with Gasteiger partial charge in [0.25, 0.3) is 5.56 Å². The topological polar surface area (TPSA) is 79.7 Å². The maximum absolute atomic E-state index is 13.0. The fourth-order valence-electron chi connectivity index (χ4n) is 5.80. The van der Waals surface area contributed by atoms with E-state index in [1.807, 2.05) is 13.0 Å². The molecule has 1 unspecified atom stereocenters. The molecule has 0 amide bonds. The van der Waals surface area contributed by atoms with Crippen LogP contribution in [0.15, 0.2) is 29.1 Å². The number of hydrogen-bond acceptors (Lipinski definition) is 5. The highest BCUT2D eigenvalue weighted by atomic mass is 16.1. The fourth-order valence-corrected chi connectivity index (χ4v) is 5.80. The van der Waals surface area contributed by atoms with Crippen LogP contribution < -0.4 is 5.56 Å². The standard InChI is InChI=1S/C25H34N6O/c1-3-23(24-27-28-29-31(24)21-10-6-7-11-21)30(20-8-4-5-9-20)16-19-15-18-13-12-17(2)14-22(18)26-25(19)32/h12-15,20-21,23H,3-11,16H2,1-2H3,(H,26,32). The fraction of sp³-hybridized carbons (Fsp3) is 0.600. The summed E-state index contributed by atoms with van der Waals surface area (Å²) >= 11 is 0. The smallest absolute Gasteiger partial charge is 0.252 e. The Kier molecular flexibility index (Phi) is 6.09. The maximum atomic E-state index is 13.0. The lowest BCUT2D eigenvalue weighted by molar-refractivity contribution is 0.110. The van der Waals surface area contributed by atoms with Crippen LogP contribution in [0.2, 0.25) is 0 Å². The molecule has 0 bridgehead atoms. The highest BCUT2D eigenvalue weighted by Crippen LogP contribution is 2.36. The molecule has 2 fully saturated rings. The van der Waals surface area contributed by atoms with Gasteiger partial charge in [-0.15, -0.1) is 5.10 Å². The number of tetrazole rings is 1. The van der Waals surface area contributed by atoms with Crippen LogP contribution in [0.5, 0.6) is 0 Å². The molecule has 2 heterocycles. The van der Waals surface area contributed by atoms with Crippen molar-refractivity contribution in [2.24, 2.45) is 0 Å². The van der Waals surface area contributed by atoms with Crippen molar-refractivity contribution < 1.29 is 0 Å². The molecule has 2 aliphatic carbocycles. The average molecular weight is 435 g/mol. The SMILES string of the molecule is CCC(c1nnnn1C1CCCC1)N(Cc1cc2ccc(C)cc2[nH]c1=O)C1CCCC1. The zero-order valence-corrected chi connectivity index (χ0v) is 19.3. The van der Waals surface area contributed by atoms with Gasteiger partial charge in [0.15, 0.2) is 5.82 Å². The van der Waals surface area contributed by atoms with Crippen LogP contribution in [-0.2, 0) is 6.54 Å². The Balaban J connectivity index is 1.51. The normalized spacial score (nSPS) is 18.8. The summed E-state index contributed by atoms with van der Waals surface area (Å²) in [5.41, 5.74) is 2.89. The van der Waals surface area contributed by atoms with E-state index in [-0.39, 0.29) is 11.6 Å². The molecule has 2 aromatic heterocycles. The number of aromatic amines is 1. The predicted molar refractivity (Wildman–Crippen MR) is 125 cm³/mol. The Morgan fingerprint density at radius 1 is 1.12 bits per heavy atom. The van der Waals surface area contributed by atoms with Crippen molar-refractivity contribution in [2.45, 2.75) is 96.3 Å². The summed E-state index contributed by atoms with van der Waals surface area (Å²) in [7, 11) is 0. The molecule has 7 heteroatoms. The minimum absolute atomic E-state index is 0.0105.